The molecule has 0 unspecified atom stereocenters. The molecule has 6 heteroatoms. The maximum Gasteiger partial charge on any atom is 0.241 e. The summed E-state index contributed by atoms with van der Waals surface area (Å²) in [6.45, 7) is 0.234. The predicted octanol–water partition coefficient (Wildman–Crippen LogP) is 1.32. The number of rotatable bonds is 4. The highest BCUT2D eigenvalue weighted by Crippen LogP contribution is 2.20. The molecule has 0 amide bonds. The van der Waals surface area contributed by atoms with E-state index in [-0.39, 0.29) is 12.6 Å². The van der Waals surface area contributed by atoms with Gasteiger partial charge in [-0.15, -0.1) is 0 Å². The topological polar surface area (TPSA) is 72.2 Å². The zero-order chi connectivity index (χ0) is 13.0. The number of hydrogen-bond acceptors (Lipinski definition) is 4. The Bertz CT molecular complexity index is 497. The molecule has 1 fully saturated rings. The molecule has 0 aliphatic carbocycles. The molecule has 4 nitrogen and oxygen atoms in total. The first-order chi connectivity index (χ1) is 8.63. The third kappa shape index (κ3) is 3.26. The van der Waals surface area contributed by atoms with Gasteiger partial charge in [0.05, 0.1) is 4.90 Å². The molecule has 0 saturated carbocycles. The fourth-order valence-electron chi connectivity index (χ4n) is 2.03. The summed E-state index contributed by atoms with van der Waals surface area (Å²) >= 11 is 1.87. The molecule has 0 spiro atoms. The number of nitrogens with two attached hydrogens (primary N) is 1. The van der Waals surface area contributed by atoms with Crippen molar-refractivity contribution in [1.82, 2.24) is 4.72 Å². The lowest BCUT2D eigenvalue weighted by Crippen LogP contribution is -2.37. The van der Waals surface area contributed by atoms with Crippen LogP contribution in [0.5, 0.6) is 0 Å². The number of hydrogen-bond donors (Lipinski definition) is 2. The van der Waals surface area contributed by atoms with E-state index in [4.69, 9.17) is 5.73 Å². The predicted molar refractivity (Wildman–Crippen MR) is 75.0 cm³/mol. The average molecular weight is 286 g/mol. The summed E-state index contributed by atoms with van der Waals surface area (Å²) in [6, 6.07) is 6.96. The molecule has 100 valence electrons. The van der Waals surface area contributed by atoms with Gasteiger partial charge in [-0.1, -0.05) is 18.2 Å². The molecule has 2 rings (SSSR count). The van der Waals surface area contributed by atoms with Crippen LogP contribution in [0.2, 0.25) is 0 Å². The largest absolute Gasteiger partial charge is 0.326 e. The summed E-state index contributed by atoms with van der Waals surface area (Å²) in [6.07, 6.45) is 1.80. The third-order valence-electron chi connectivity index (χ3n) is 3.03. The maximum absolute atomic E-state index is 12.3. The minimum atomic E-state index is -3.44. The Morgan fingerprint density at radius 3 is 2.61 bits per heavy atom. The highest BCUT2D eigenvalue weighted by Gasteiger charge is 2.23. The van der Waals surface area contributed by atoms with Crippen LogP contribution >= 0.6 is 11.8 Å². The fourth-order valence-corrected chi connectivity index (χ4v) is 4.70. The van der Waals surface area contributed by atoms with E-state index < -0.39 is 10.0 Å². The molecule has 18 heavy (non-hydrogen) atoms. The second-order valence-electron chi connectivity index (χ2n) is 4.32. The number of nitrogens with one attached hydrogen (secondary N) is 1. The van der Waals surface area contributed by atoms with Gasteiger partial charge in [-0.05, 0) is 36.0 Å². The summed E-state index contributed by atoms with van der Waals surface area (Å²) in [5.74, 6) is 2.04. The van der Waals surface area contributed by atoms with Gasteiger partial charge in [0.1, 0.15) is 0 Å². The van der Waals surface area contributed by atoms with Crippen molar-refractivity contribution in [3.63, 3.8) is 0 Å². The van der Waals surface area contributed by atoms with E-state index in [0.717, 1.165) is 24.3 Å². The van der Waals surface area contributed by atoms with Gasteiger partial charge in [0.15, 0.2) is 0 Å². The minimum absolute atomic E-state index is 0.0575. The van der Waals surface area contributed by atoms with Crippen LogP contribution in [0.3, 0.4) is 0 Å². The summed E-state index contributed by atoms with van der Waals surface area (Å²) in [7, 11) is -3.44. The van der Waals surface area contributed by atoms with Gasteiger partial charge in [0.2, 0.25) is 10.0 Å². The monoisotopic (exact) mass is 286 g/mol. The fraction of sp³-hybridized carbons (Fsp3) is 0.500. The molecule has 0 bridgehead atoms. The third-order valence-corrected chi connectivity index (χ3v) is 5.69. The van der Waals surface area contributed by atoms with Crippen LogP contribution in [-0.2, 0) is 16.6 Å². The van der Waals surface area contributed by atoms with Crippen molar-refractivity contribution >= 4 is 21.8 Å². The van der Waals surface area contributed by atoms with E-state index in [1.807, 2.05) is 11.8 Å². The zero-order valence-electron chi connectivity index (χ0n) is 10.1. The number of sulfonamides is 1. The molecule has 1 aromatic carbocycles. The quantitative estimate of drug-likeness (QED) is 0.875. The molecule has 0 aromatic heterocycles. The molecule has 0 radical (unpaired) electrons. The Morgan fingerprint density at radius 1 is 1.28 bits per heavy atom. The van der Waals surface area contributed by atoms with Crippen LogP contribution in [0, 0.1) is 0 Å². The van der Waals surface area contributed by atoms with Crippen molar-refractivity contribution in [2.24, 2.45) is 5.73 Å². The first kappa shape index (κ1) is 13.9. The van der Waals surface area contributed by atoms with Crippen molar-refractivity contribution < 1.29 is 8.42 Å². The Hall–Kier alpha value is -0.560. The lowest BCUT2D eigenvalue weighted by atomic mass is 10.2. The Morgan fingerprint density at radius 2 is 1.94 bits per heavy atom. The maximum atomic E-state index is 12.3. The van der Waals surface area contributed by atoms with Gasteiger partial charge < -0.3 is 5.73 Å². The second-order valence-corrected chi connectivity index (χ2v) is 7.23. The first-order valence-electron chi connectivity index (χ1n) is 6.01. The molecule has 3 N–H and O–H groups in total. The molecular weight excluding hydrogens is 268 g/mol. The highest BCUT2D eigenvalue weighted by atomic mass is 32.2. The molecular formula is C12H18N2O2S2. The average Bonchev–Trinajstić information content (AvgIpc) is 2.39. The normalized spacial score (nSPS) is 17.8. The van der Waals surface area contributed by atoms with Gasteiger partial charge in [-0.3, -0.25) is 0 Å². The second kappa shape index (κ2) is 6.06. The Balaban J connectivity index is 2.19. The SMILES string of the molecule is NCc1ccccc1S(=O)(=O)NC1CCSCC1. The first-order valence-corrected chi connectivity index (χ1v) is 8.65. The Labute approximate surface area is 112 Å². The highest BCUT2D eigenvalue weighted by molar-refractivity contribution is 7.99. The standard InChI is InChI=1S/C12H18N2O2S2/c13-9-10-3-1-2-4-12(10)18(15,16)14-11-5-7-17-8-6-11/h1-4,11,14H,5-9,13H2. The molecule has 1 aliphatic rings. The van der Waals surface area contributed by atoms with Gasteiger partial charge >= 0.3 is 0 Å². The summed E-state index contributed by atoms with van der Waals surface area (Å²) in [5, 5.41) is 0. The van der Waals surface area contributed by atoms with Crippen molar-refractivity contribution in [2.75, 3.05) is 11.5 Å². The van der Waals surface area contributed by atoms with Crippen LogP contribution < -0.4 is 10.5 Å². The van der Waals surface area contributed by atoms with Crippen LogP contribution in [0.15, 0.2) is 29.2 Å². The lowest BCUT2D eigenvalue weighted by Gasteiger charge is -2.23. The van der Waals surface area contributed by atoms with E-state index in [1.165, 1.54) is 0 Å². The van der Waals surface area contributed by atoms with Crippen LogP contribution in [-0.4, -0.2) is 26.0 Å². The van der Waals surface area contributed by atoms with Crippen LogP contribution in [0.4, 0.5) is 0 Å². The van der Waals surface area contributed by atoms with Crippen molar-refractivity contribution in [3.8, 4) is 0 Å². The molecule has 1 aliphatic heterocycles. The zero-order valence-corrected chi connectivity index (χ0v) is 11.8. The van der Waals surface area contributed by atoms with E-state index in [9.17, 15) is 8.42 Å². The molecule has 1 heterocycles. The number of benzene rings is 1. The summed E-state index contributed by atoms with van der Waals surface area (Å²) < 4.78 is 27.4. The van der Waals surface area contributed by atoms with E-state index in [2.05, 4.69) is 4.72 Å². The van der Waals surface area contributed by atoms with Gasteiger partial charge in [-0.2, -0.15) is 11.8 Å². The van der Waals surface area contributed by atoms with Gasteiger partial charge in [0.25, 0.3) is 0 Å². The number of thioether (sulfide) groups is 1. The van der Waals surface area contributed by atoms with Gasteiger partial charge in [-0.25, -0.2) is 13.1 Å². The summed E-state index contributed by atoms with van der Waals surface area (Å²) in [4.78, 5) is 0.311. The van der Waals surface area contributed by atoms with Gasteiger partial charge in [0, 0.05) is 12.6 Å². The molecule has 1 aromatic rings. The smallest absolute Gasteiger partial charge is 0.241 e. The summed E-state index contributed by atoms with van der Waals surface area (Å²) in [5.41, 5.74) is 6.25. The van der Waals surface area contributed by atoms with Crippen molar-refractivity contribution in [1.29, 1.82) is 0 Å². The van der Waals surface area contributed by atoms with E-state index >= 15 is 0 Å². The van der Waals surface area contributed by atoms with Crippen LogP contribution in [0.1, 0.15) is 18.4 Å². The minimum Gasteiger partial charge on any atom is -0.326 e. The van der Waals surface area contributed by atoms with Crippen molar-refractivity contribution in [2.45, 2.75) is 30.3 Å². The molecule has 1 saturated heterocycles. The molecule has 0 atom stereocenters. The van der Waals surface area contributed by atoms with Crippen molar-refractivity contribution in [3.05, 3.63) is 29.8 Å². The Kier molecular flexibility index (Phi) is 4.66. The van der Waals surface area contributed by atoms with E-state index in [1.54, 1.807) is 24.3 Å². The van der Waals surface area contributed by atoms with E-state index in [0.29, 0.717) is 10.5 Å². The lowest BCUT2D eigenvalue weighted by molar-refractivity contribution is 0.528. The van der Waals surface area contributed by atoms with Crippen LogP contribution in [0.25, 0.3) is 0 Å².